The van der Waals surface area contributed by atoms with Crippen molar-refractivity contribution in [2.75, 3.05) is 19.8 Å². The van der Waals surface area contributed by atoms with E-state index in [9.17, 15) is 13.6 Å². The third-order valence-electron chi connectivity index (χ3n) is 6.33. The topological polar surface area (TPSA) is 56.2 Å². The monoisotopic (exact) mass is 467 g/mol. The van der Waals surface area contributed by atoms with Gasteiger partial charge in [-0.1, -0.05) is 12.1 Å². The molecule has 0 atom stereocenters. The number of benzene rings is 2. The van der Waals surface area contributed by atoms with E-state index in [1.54, 1.807) is 28.9 Å². The number of nitrogens with zero attached hydrogens (tertiary/aromatic N) is 2. The number of amides is 1. The molecule has 1 fully saturated rings. The predicted molar refractivity (Wildman–Crippen MR) is 124 cm³/mol. The SMILES string of the molecule is Cc1nn(-c2ccc(F)cc2)c2sc(C(=O)NCC3(c4ccc(F)cc4)CCOCC3)cc12. The fraction of sp³-hybridized carbons (Fsp3) is 0.280. The van der Waals surface area contributed by atoms with Crippen molar-refractivity contribution in [1.29, 1.82) is 0 Å². The molecule has 8 heteroatoms. The van der Waals surface area contributed by atoms with Crippen LogP contribution in [-0.2, 0) is 10.2 Å². The summed E-state index contributed by atoms with van der Waals surface area (Å²) in [4.78, 5) is 14.5. The second kappa shape index (κ2) is 8.68. The normalized spacial score (nSPS) is 15.6. The van der Waals surface area contributed by atoms with Crippen LogP contribution in [-0.4, -0.2) is 35.4 Å². The number of carbonyl (C=O) groups is 1. The lowest BCUT2D eigenvalue weighted by atomic mass is 9.74. The molecule has 2 aromatic heterocycles. The summed E-state index contributed by atoms with van der Waals surface area (Å²) in [5.74, 6) is -0.747. The van der Waals surface area contributed by atoms with Crippen molar-refractivity contribution in [2.24, 2.45) is 0 Å². The van der Waals surface area contributed by atoms with E-state index >= 15 is 0 Å². The number of aryl methyl sites for hydroxylation is 1. The molecule has 1 amide bonds. The predicted octanol–water partition coefficient (Wildman–Crippen LogP) is 5.15. The highest BCUT2D eigenvalue weighted by molar-refractivity contribution is 7.20. The van der Waals surface area contributed by atoms with Crippen molar-refractivity contribution in [1.82, 2.24) is 15.1 Å². The van der Waals surface area contributed by atoms with Crippen LogP contribution in [0.2, 0.25) is 0 Å². The molecule has 3 heterocycles. The Balaban J connectivity index is 1.40. The third kappa shape index (κ3) is 4.16. The number of nitrogens with one attached hydrogen (secondary N) is 1. The molecule has 5 rings (SSSR count). The first kappa shape index (κ1) is 21.7. The Bertz CT molecular complexity index is 1290. The van der Waals surface area contributed by atoms with Gasteiger partial charge in [-0.15, -0.1) is 11.3 Å². The van der Waals surface area contributed by atoms with E-state index in [1.165, 1.54) is 35.6 Å². The molecule has 5 nitrogen and oxygen atoms in total. The molecule has 0 saturated carbocycles. The minimum Gasteiger partial charge on any atom is -0.381 e. The minimum absolute atomic E-state index is 0.158. The summed E-state index contributed by atoms with van der Waals surface area (Å²) in [6.07, 6.45) is 1.51. The first-order valence-electron chi connectivity index (χ1n) is 10.8. The van der Waals surface area contributed by atoms with Crippen molar-refractivity contribution in [3.8, 4) is 5.69 Å². The van der Waals surface area contributed by atoms with Gasteiger partial charge in [0.05, 0.1) is 16.3 Å². The summed E-state index contributed by atoms with van der Waals surface area (Å²) in [6.45, 7) is 3.53. The Kier molecular flexibility index (Phi) is 5.72. The quantitative estimate of drug-likeness (QED) is 0.442. The Labute approximate surface area is 194 Å². The van der Waals surface area contributed by atoms with Crippen LogP contribution in [0.15, 0.2) is 54.6 Å². The van der Waals surface area contributed by atoms with Crippen LogP contribution in [0.3, 0.4) is 0 Å². The van der Waals surface area contributed by atoms with E-state index < -0.39 is 0 Å². The molecule has 1 N–H and O–H groups in total. The number of hydrogen-bond donors (Lipinski definition) is 1. The molecular formula is C25H23F2N3O2S. The molecule has 170 valence electrons. The van der Waals surface area contributed by atoms with Gasteiger partial charge in [0.15, 0.2) is 0 Å². The second-order valence-electron chi connectivity index (χ2n) is 8.39. The number of halogens is 2. The molecule has 0 aliphatic carbocycles. The number of hydrogen-bond acceptors (Lipinski definition) is 4. The second-order valence-corrected chi connectivity index (χ2v) is 9.42. The van der Waals surface area contributed by atoms with Crippen LogP contribution in [0.5, 0.6) is 0 Å². The van der Waals surface area contributed by atoms with E-state index in [1.807, 2.05) is 13.0 Å². The minimum atomic E-state index is -0.312. The molecule has 0 unspecified atom stereocenters. The fourth-order valence-corrected chi connectivity index (χ4v) is 5.49. The summed E-state index contributed by atoms with van der Waals surface area (Å²) < 4.78 is 34.1. The number of ether oxygens (including phenoxy) is 1. The van der Waals surface area contributed by atoms with E-state index in [0.29, 0.717) is 24.6 Å². The molecule has 0 spiro atoms. The number of aromatic nitrogens is 2. The van der Waals surface area contributed by atoms with Crippen molar-refractivity contribution in [3.05, 3.63) is 82.4 Å². The van der Waals surface area contributed by atoms with Gasteiger partial charge < -0.3 is 10.1 Å². The third-order valence-corrected chi connectivity index (χ3v) is 7.44. The summed E-state index contributed by atoms with van der Waals surface area (Å²) in [6, 6.07) is 14.5. The van der Waals surface area contributed by atoms with E-state index in [0.717, 1.165) is 40.0 Å². The van der Waals surface area contributed by atoms with Gasteiger partial charge in [0.25, 0.3) is 5.91 Å². The van der Waals surface area contributed by atoms with Crippen molar-refractivity contribution < 1.29 is 18.3 Å². The summed E-state index contributed by atoms with van der Waals surface area (Å²) >= 11 is 1.36. The van der Waals surface area contributed by atoms with Crippen LogP contribution in [0.1, 0.15) is 33.8 Å². The Morgan fingerprint density at radius 1 is 1.09 bits per heavy atom. The molecule has 1 saturated heterocycles. The van der Waals surface area contributed by atoms with Gasteiger partial charge in [-0.3, -0.25) is 4.79 Å². The standard InChI is InChI=1S/C25H23F2N3O2S/c1-16-21-14-22(33-24(21)30(29-16)20-8-6-19(27)7-9-20)23(31)28-15-25(10-12-32-13-11-25)17-2-4-18(26)5-3-17/h2-9,14H,10-13,15H2,1H3,(H,28,31). The highest BCUT2D eigenvalue weighted by atomic mass is 32.1. The van der Waals surface area contributed by atoms with Gasteiger partial charge in [0.1, 0.15) is 16.5 Å². The van der Waals surface area contributed by atoms with Gasteiger partial charge >= 0.3 is 0 Å². The number of fused-ring (bicyclic) bond motifs is 1. The maximum absolute atomic E-state index is 13.5. The largest absolute Gasteiger partial charge is 0.381 e. The lowest BCUT2D eigenvalue weighted by Crippen LogP contribution is -2.44. The smallest absolute Gasteiger partial charge is 0.261 e. The fourth-order valence-electron chi connectivity index (χ4n) is 4.39. The summed E-state index contributed by atoms with van der Waals surface area (Å²) in [5, 5.41) is 8.56. The van der Waals surface area contributed by atoms with Crippen molar-refractivity contribution in [3.63, 3.8) is 0 Å². The summed E-state index contributed by atoms with van der Waals surface area (Å²) in [7, 11) is 0. The maximum atomic E-state index is 13.5. The number of thiophene rings is 1. The zero-order valence-electron chi connectivity index (χ0n) is 18.1. The molecule has 1 aliphatic rings. The van der Waals surface area contributed by atoms with Gasteiger partial charge in [0, 0.05) is 30.6 Å². The maximum Gasteiger partial charge on any atom is 0.261 e. The Morgan fingerprint density at radius 2 is 1.73 bits per heavy atom. The average molecular weight is 468 g/mol. The van der Waals surface area contributed by atoms with Gasteiger partial charge in [-0.25, -0.2) is 13.5 Å². The molecule has 0 bridgehead atoms. The molecule has 33 heavy (non-hydrogen) atoms. The molecule has 4 aromatic rings. The van der Waals surface area contributed by atoms with Crippen molar-refractivity contribution in [2.45, 2.75) is 25.2 Å². The number of carbonyl (C=O) groups excluding carboxylic acids is 1. The highest BCUT2D eigenvalue weighted by Crippen LogP contribution is 2.35. The molecule has 2 aromatic carbocycles. The molecule has 0 radical (unpaired) electrons. The molecule has 1 aliphatic heterocycles. The van der Waals surface area contributed by atoms with Crippen LogP contribution in [0.4, 0.5) is 8.78 Å². The Hall–Kier alpha value is -3.10. The zero-order valence-corrected chi connectivity index (χ0v) is 18.9. The average Bonchev–Trinajstić information content (AvgIpc) is 3.40. The first-order chi connectivity index (χ1) is 15.9. The van der Waals surface area contributed by atoms with Crippen LogP contribution in [0, 0.1) is 18.6 Å². The molecular weight excluding hydrogens is 444 g/mol. The lowest BCUT2D eigenvalue weighted by molar-refractivity contribution is 0.0487. The Morgan fingerprint density at radius 3 is 2.39 bits per heavy atom. The van der Waals surface area contributed by atoms with Crippen LogP contribution in [0.25, 0.3) is 15.9 Å². The lowest BCUT2D eigenvalue weighted by Gasteiger charge is -2.38. The van der Waals surface area contributed by atoms with E-state index in [-0.39, 0.29) is 23.0 Å². The van der Waals surface area contributed by atoms with Crippen LogP contribution < -0.4 is 5.32 Å². The van der Waals surface area contributed by atoms with Gasteiger partial charge in [0.2, 0.25) is 0 Å². The first-order valence-corrected chi connectivity index (χ1v) is 11.6. The van der Waals surface area contributed by atoms with Crippen LogP contribution >= 0.6 is 11.3 Å². The van der Waals surface area contributed by atoms with Gasteiger partial charge in [-0.05, 0) is 67.8 Å². The van der Waals surface area contributed by atoms with E-state index in [4.69, 9.17) is 4.74 Å². The highest BCUT2D eigenvalue weighted by Gasteiger charge is 2.35. The van der Waals surface area contributed by atoms with Gasteiger partial charge in [-0.2, -0.15) is 5.10 Å². The zero-order chi connectivity index (χ0) is 23.0. The number of rotatable bonds is 5. The van der Waals surface area contributed by atoms with E-state index in [2.05, 4.69) is 10.4 Å². The van der Waals surface area contributed by atoms with Crippen molar-refractivity contribution >= 4 is 27.5 Å². The summed E-state index contributed by atoms with van der Waals surface area (Å²) in [5.41, 5.74) is 2.25.